The summed E-state index contributed by atoms with van der Waals surface area (Å²) < 4.78 is 19.1. The summed E-state index contributed by atoms with van der Waals surface area (Å²) in [5, 5.41) is 0. The van der Waals surface area contributed by atoms with Crippen LogP contribution in [0, 0.1) is 10.8 Å². The summed E-state index contributed by atoms with van der Waals surface area (Å²) in [6.07, 6.45) is -6.07. The molecule has 0 aromatic heterocycles. The largest absolute Gasteiger partial charge is 0.426 e. The molecule has 0 aromatic carbocycles. The monoisotopic (exact) mass is 752 g/mol. The van der Waals surface area contributed by atoms with Crippen LogP contribution in [0.15, 0.2) is 0 Å². The van der Waals surface area contributed by atoms with E-state index in [0.717, 1.165) is 0 Å². The Kier molecular flexibility index (Phi) is 19.8. The van der Waals surface area contributed by atoms with Gasteiger partial charge in [0.15, 0.2) is 24.4 Å². The fraction of sp³-hybridized carbons (Fsp3) is 0.750. The fourth-order valence-corrected chi connectivity index (χ4v) is 4.39. The van der Waals surface area contributed by atoms with Gasteiger partial charge in [-0.05, 0) is 64.2 Å². The topological polar surface area (TPSA) is 247 Å². The van der Waals surface area contributed by atoms with E-state index < -0.39 is 96.6 Å². The maximum atomic E-state index is 12.6. The summed E-state index contributed by atoms with van der Waals surface area (Å²) in [6, 6.07) is 0. The average Bonchev–Trinajstić information content (AvgIpc) is 3.12. The number of hydrogen-bond acceptors (Lipinski definition) is 20. The quantitative estimate of drug-likeness (QED) is 0.296. The Morgan fingerprint density at radius 1 is 0.404 bits per heavy atom. The second-order valence-electron chi connectivity index (χ2n) is 12.0. The van der Waals surface area contributed by atoms with E-state index in [2.05, 4.69) is 0 Å². The zero-order valence-electron chi connectivity index (χ0n) is 30.5. The minimum atomic E-state index is -1.46. The third kappa shape index (κ3) is 15.9. The molecule has 1 heterocycles. The lowest BCUT2D eigenvalue weighted by molar-refractivity contribution is -0.300. The molecule has 0 aliphatic carbocycles. The third-order valence-electron chi connectivity index (χ3n) is 8.35. The van der Waals surface area contributed by atoms with Gasteiger partial charge in [0.2, 0.25) is 13.6 Å². The molecular weight excluding hydrogens is 704 g/mol. The molecule has 0 aromatic rings. The first-order valence-electron chi connectivity index (χ1n) is 16.6. The molecule has 1 aliphatic rings. The van der Waals surface area contributed by atoms with E-state index in [-0.39, 0.29) is 25.7 Å². The lowest BCUT2D eigenvalue weighted by Crippen LogP contribution is -2.33. The van der Waals surface area contributed by atoms with Crippen molar-refractivity contribution in [3.05, 3.63) is 0 Å². The van der Waals surface area contributed by atoms with Crippen LogP contribution in [0.3, 0.4) is 0 Å². The van der Waals surface area contributed by atoms with E-state index >= 15 is 0 Å². The summed E-state index contributed by atoms with van der Waals surface area (Å²) >= 11 is 0. The molecule has 4 atom stereocenters. The molecule has 1 fully saturated rings. The van der Waals surface area contributed by atoms with Crippen LogP contribution in [0.25, 0.3) is 0 Å². The summed E-state index contributed by atoms with van der Waals surface area (Å²) in [7, 11) is 0. The van der Waals surface area contributed by atoms with Crippen molar-refractivity contribution in [2.75, 3.05) is 13.6 Å². The highest BCUT2D eigenvalue weighted by Gasteiger charge is 2.37. The Balaban J connectivity index is 3.03. The maximum Gasteiger partial charge on any atom is 0.342 e. The highest BCUT2D eigenvalue weighted by Crippen LogP contribution is 2.36. The molecule has 0 bridgehead atoms. The molecule has 296 valence electrons. The molecule has 1 rings (SSSR count). The Morgan fingerprint density at radius 2 is 0.596 bits per heavy atom. The van der Waals surface area contributed by atoms with E-state index in [1.165, 1.54) is 27.7 Å². The van der Waals surface area contributed by atoms with Crippen LogP contribution in [-0.4, -0.2) is 85.8 Å². The summed E-state index contributed by atoms with van der Waals surface area (Å²) in [5.41, 5.74) is -1.99. The van der Waals surface area contributed by atoms with Crippen molar-refractivity contribution >= 4 is 47.8 Å². The predicted octanol–water partition coefficient (Wildman–Crippen LogP) is 2.71. The van der Waals surface area contributed by atoms with Gasteiger partial charge < -0.3 is 18.9 Å². The standard InChI is InChI=1S/C32H48O20/c1-9-31(10-2)13-23(33)49-45-19(5)27(37)41-17-43-29(39)21(7)47-51-25(35)15-32(11-3,12-4)16-26(36)52-48-22(8)30(40)44-18-42-28(38)20(6)46-50-24(34)14-31/h19-22H,9-18H2,1-8H3. The van der Waals surface area contributed by atoms with Crippen LogP contribution in [0.1, 0.15) is 107 Å². The highest BCUT2D eigenvalue weighted by molar-refractivity contribution is 5.78. The maximum absolute atomic E-state index is 12.6. The van der Waals surface area contributed by atoms with Crippen LogP contribution in [0.5, 0.6) is 0 Å². The van der Waals surface area contributed by atoms with Crippen molar-refractivity contribution in [1.29, 1.82) is 0 Å². The van der Waals surface area contributed by atoms with Crippen molar-refractivity contribution in [2.45, 2.75) is 131 Å². The molecule has 0 radical (unpaired) electrons. The molecule has 1 aliphatic heterocycles. The van der Waals surface area contributed by atoms with E-state index in [1.54, 1.807) is 27.7 Å². The number of carbonyl (C=O) groups excluding carboxylic acids is 8. The Morgan fingerprint density at radius 3 is 0.769 bits per heavy atom. The lowest BCUT2D eigenvalue weighted by Gasteiger charge is -2.29. The zero-order chi connectivity index (χ0) is 39.5. The molecule has 0 amide bonds. The fourth-order valence-electron chi connectivity index (χ4n) is 4.39. The van der Waals surface area contributed by atoms with Crippen LogP contribution in [0.4, 0.5) is 0 Å². The van der Waals surface area contributed by atoms with Gasteiger partial charge >= 0.3 is 47.8 Å². The number of hydrogen-bond donors (Lipinski definition) is 0. The summed E-state index contributed by atoms with van der Waals surface area (Å²) in [6.45, 7) is 9.78. The second kappa shape index (κ2) is 22.5. The smallest absolute Gasteiger partial charge is 0.342 e. The normalized spacial score (nSPS) is 26.3. The Hall–Kier alpha value is -4.40. The first kappa shape index (κ1) is 45.6. The van der Waals surface area contributed by atoms with Crippen molar-refractivity contribution in [3.8, 4) is 0 Å². The van der Waals surface area contributed by atoms with E-state index in [1.807, 2.05) is 0 Å². The van der Waals surface area contributed by atoms with Crippen molar-refractivity contribution in [1.82, 2.24) is 0 Å². The molecule has 1 saturated heterocycles. The van der Waals surface area contributed by atoms with Crippen molar-refractivity contribution < 1.29 is 96.4 Å². The molecule has 52 heavy (non-hydrogen) atoms. The Labute approximate surface area is 299 Å². The molecule has 0 N–H and O–H groups in total. The molecule has 0 saturated carbocycles. The number of ether oxygens (including phenoxy) is 4. The number of esters is 4. The van der Waals surface area contributed by atoms with Gasteiger partial charge in [-0.25, -0.2) is 38.4 Å². The number of carbonyl (C=O) groups is 8. The third-order valence-corrected chi connectivity index (χ3v) is 8.35. The van der Waals surface area contributed by atoms with Crippen LogP contribution < -0.4 is 0 Å². The van der Waals surface area contributed by atoms with Gasteiger partial charge in [-0.15, -0.1) is 0 Å². The van der Waals surface area contributed by atoms with Gasteiger partial charge in [-0.3, -0.25) is 19.6 Å². The Bertz CT molecular complexity index is 1060. The van der Waals surface area contributed by atoms with Gasteiger partial charge in [0.1, 0.15) is 0 Å². The first-order valence-corrected chi connectivity index (χ1v) is 16.6. The number of cyclic esters (lactones) is 4. The minimum Gasteiger partial charge on any atom is -0.426 e. The van der Waals surface area contributed by atoms with E-state index in [0.29, 0.717) is 25.7 Å². The van der Waals surface area contributed by atoms with Crippen molar-refractivity contribution in [3.63, 3.8) is 0 Å². The first-order chi connectivity index (χ1) is 24.5. The second-order valence-corrected chi connectivity index (χ2v) is 12.0. The van der Waals surface area contributed by atoms with Gasteiger partial charge in [0.25, 0.3) is 0 Å². The molecule has 20 heteroatoms. The SMILES string of the molecule is CCC1(CC)CC(=O)OOC(C)C(=O)OCOC(=O)C(C)OOC(=O)CC(CC)(CC)CC(=O)OOC(C)C(=O)OCOC(=O)C(C)OOC(=O)C1. The van der Waals surface area contributed by atoms with Crippen LogP contribution in [-0.2, 0) is 96.4 Å². The average molecular weight is 753 g/mol. The van der Waals surface area contributed by atoms with Gasteiger partial charge in [-0.2, -0.15) is 19.6 Å². The minimum absolute atomic E-state index is 0.292. The van der Waals surface area contributed by atoms with Gasteiger partial charge in [0.05, 0.1) is 25.7 Å². The van der Waals surface area contributed by atoms with E-state index in [9.17, 15) is 38.4 Å². The number of rotatable bonds is 4. The van der Waals surface area contributed by atoms with Crippen LogP contribution in [0.2, 0.25) is 0 Å². The van der Waals surface area contributed by atoms with Gasteiger partial charge in [-0.1, -0.05) is 27.7 Å². The van der Waals surface area contributed by atoms with Crippen molar-refractivity contribution in [2.24, 2.45) is 10.8 Å². The van der Waals surface area contributed by atoms with E-state index in [4.69, 9.17) is 58.0 Å². The molecular formula is C32H48O20. The highest BCUT2D eigenvalue weighted by atomic mass is 17.2. The lowest BCUT2D eigenvalue weighted by atomic mass is 9.76. The summed E-state index contributed by atoms with van der Waals surface area (Å²) in [4.78, 5) is 137. The predicted molar refractivity (Wildman–Crippen MR) is 165 cm³/mol. The zero-order valence-corrected chi connectivity index (χ0v) is 30.5. The molecule has 0 spiro atoms. The molecule has 4 unspecified atom stereocenters. The summed E-state index contributed by atoms with van der Waals surface area (Å²) in [5.74, 6) is -8.06. The van der Waals surface area contributed by atoms with Gasteiger partial charge in [0, 0.05) is 0 Å². The molecule has 20 nitrogen and oxygen atoms in total. The van der Waals surface area contributed by atoms with Crippen LogP contribution >= 0.6 is 0 Å².